The van der Waals surface area contributed by atoms with Gasteiger partial charge in [0.05, 0.1) is 29.3 Å². The normalized spacial score (nSPS) is 18.9. The van der Waals surface area contributed by atoms with Crippen LogP contribution in [0.15, 0.2) is 23.1 Å². The molecule has 0 spiro atoms. The molecule has 0 fully saturated rings. The highest BCUT2D eigenvalue weighted by Gasteiger charge is 2.21. The number of ether oxygens (including phenoxy) is 2. The Kier molecular flexibility index (Phi) is 5.43. The Bertz CT molecular complexity index is 478. The van der Waals surface area contributed by atoms with Gasteiger partial charge in [-0.25, -0.2) is 0 Å². The molecule has 0 saturated carbocycles. The van der Waals surface area contributed by atoms with Crippen molar-refractivity contribution in [3.05, 3.63) is 18.2 Å². The highest BCUT2D eigenvalue weighted by molar-refractivity contribution is 7.85. The Balaban J connectivity index is 2.16. The van der Waals surface area contributed by atoms with E-state index in [9.17, 15) is 4.21 Å². The van der Waals surface area contributed by atoms with E-state index in [4.69, 9.17) is 9.47 Å². The zero-order valence-corrected chi connectivity index (χ0v) is 13.2. The number of hydrogen-bond donors (Lipinski definition) is 1. The SMILES string of the molecule is CCNC(C)C(C)S(=O)c1ccc2c(c1)OCCCO2. The van der Waals surface area contributed by atoms with Crippen molar-refractivity contribution < 1.29 is 13.7 Å². The Hall–Kier alpha value is -1.07. The van der Waals surface area contributed by atoms with Gasteiger partial charge in [-0.1, -0.05) is 6.92 Å². The molecule has 1 aliphatic rings. The highest BCUT2D eigenvalue weighted by atomic mass is 32.2. The largest absolute Gasteiger partial charge is 0.490 e. The minimum absolute atomic E-state index is 0.0414. The molecule has 1 aliphatic heterocycles. The van der Waals surface area contributed by atoms with Gasteiger partial charge in [-0.15, -0.1) is 0 Å². The van der Waals surface area contributed by atoms with Crippen LogP contribution in [-0.4, -0.2) is 35.3 Å². The van der Waals surface area contributed by atoms with Crippen molar-refractivity contribution in [2.45, 2.75) is 43.4 Å². The number of rotatable bonds is 5. The summed E-state index contributed by atoms with van der Waals surface area (Å²) in [7, 11) is -1.06. The second-order valence-corrected chi connectivity index (χ2v) is 6.82. The van der Waals surface area contributed by atoms with Crippen molar-refractivity contribution in [1.29, 1.82) is 0 Å². The van der Waals surface area contributed by atoms with Crippen LogP contribution in [0.3, 0.4) is 0 Å². The van der Waals surface area contributed by atoms with Crippen LogP contribution in [0.2, 0.25) is 0 Å². The van der Waals surface area contributed by atoms with Gasteiger partial charge < -0.3 is 14.8 Å². The molecule has 0 bridgehead atoms. The first-order valence-electron chi connectivity index (χ1n) is 7.17. The van der Waals surface area contributed by atoms with Crippen LogP contribution in [-0.2, 0) is 10.8 Å². The molecule has 0 aromatic heterocycles. The predicted octanol–water partition coefficient (Wildman–Crippen LogP) is 2.34. The van der Waals surface area contributed by atoms with Gasteiger partial charge in [0.2, 0.25) is 0 Å². The van der Waals surface area contributed by atoms with E-state index in [0.29, 0.717) is 19.0 Å². The third-order valence-corrected chi connectivity index (χ3v) is 5.32. The number of fused-ring (bicyclic) bond motifs is 1. The quantitative estimate of drug-likeness (QED) is 0.906. The molecule has 0 radical (unpaired) electrons. The summed E-state index contributed by atoms with van der Waals surface area (Å²) >= 11 is 0. The van der Waals surface area contributed by atoms with Gasteiger partial charge in [0.1, 0.15) is 0 Å². The molecule has 112 valence electrons. The smallest absolute Gasteiger partial charge is 0.162 e. The lowest BCUT2D eigenvalue weighted by molar-refractivity contribution is 0.297. The van der Waals surface area contributed by atoms with Crippen molar-refractivity contribution >= 4 is 10.8 Å². The maximum Gasteiger partial charge on any atom is 0.162 e. The average molecular weight is 297 g/mol. The molecule has 5 heteroatoms. The van der Waals surface area contributed by atoms with E-state index < -0.39 is 10.8 Å². The molecule has 0 amide bonds. The summed E-state index contributed by atoms with van der Waals surface area (Å²) in [6, 6.07) is 5.79. The molecule has 1 N–H and O–H groups in total. The average Bonchev–Trinajstić information content (AvgIpc) is 2.70. The minimum Gasteiger partial charge on any atom is -0.490 e. The molecule has 2 rings (SSSR count). The van der Waals surface area contributed by atoms with Crippen molar-refractivity contribution in [3.63, 3.8) is 0 Å². The van der Waals surface area contributed by atoms with E-state index in [2.05, 4.69) is 19.2 Å². The number of hydrogen-bond acceptors (Lipinski definition) is 4. The molecular formula is C15H23NO3S. The lowest BCUT2D eigenvalue weighted by Crippen LogP contribution is -2.37. The third-order valence-electron chi connectivity index (χ3n) is 3.52. The van der Waals surface area contributed by atoms with Gasteiger partial charge in [-0.2, -0.15) is 0 Å². The highest BCUT2D eigenvalue weighted by Crippen LogP contribution is 2.32. The van der Waals surface area contributed by atoms with Crippen LogP contribution in [0.1, 0.15) is 27.2 Å². The van der Waals surface area contributed by atoms with Crippen molar-refractivity contribution in [1.82, 2.24) is 5.32 Å². The number of benzene rings is 1. The van der Waals surface area contributed by atoms with E-state index in [0.717, 1.165) is 23.6 Å². The molecule has 3 unspecified atom stereocenters. The van der Waals surface area contributed by atoms with Crippen LogP contribution in [0, 0.1) is 0 Å². The number of nitrogens with one attached hydrogen (secondary N) is 1. The second-order valence-electron chi connectivity index (χ2n) is 5.01. The molecule has 0 aliphatic carbocycles. The van der Waals surface area contributed by atoms with E-state index in [1.165, 1.54) is 0 Å². The van der Waals surface area contributed by atoms with Crippen molar-refractivity contribution in [2.24, 2.45) is 0 Å². The van der Waals surface area contributed by atoms with Crippen LogP contribution in [0.5, 0.6) is 11.5 Å². The van der Waals surface area contributed by atoms with Gasteiger partial charge in [0.15, 0.2) is 11.5 Å². The topological polar surface area (TPSA) is 47.6 Å². The zero-order valence-electron chi connectivity index (χ0n) is 12.3. The summed E-state index contributed by atoms with van der Waals surface area (Å²) in [5.41, 5.74) is 0. The van der Waals surface area contributed by atoms with Gasteiger partial charge in [0.25, 0.3) is 0 Å². The van der Waals surface area contributed by atoms with Crippen LogP contribution in [0.4, 0.5) is 0 Å². The molecule has 1 aromatic rings. The molecule has 0 saturated heterocycles. The van der Waals surface area contributed by atoms with Crippen molar-refractivity contribution in [2.75, 3.05) is 19.8 Å². The van der Waals surface area contributed by atoms with Gasteiger partial charge in [0, 0.05) is 23.4 Å². The van der Waals surface area contributed by atoms with Gasteiger partial charge in [-0.05, 0) is 32.5 Å². The summed E-state index contributed by atoms with van der Waals surface area (Å²) in [4.78, 5) is 0.798. The summed E-state index contributed by atoms with van der Waals surface area (Å²) in [5.74, 6) is 1.45. The van der Waals surface area contributed by atoms with E-state index in [1.807, 2.05) is 25.1 Å². The lowest BCUT2D eigenvalue weighted by atomic mass is 10.2. The minimum atomic E-state index is -1.06. The summed E-state index contributed by atoms with van der Waals surface area (Å²) in [5, 5.41) is 3.36. The Labute approximate surface area is 123 Å². The second kappa shape index (κ2) is 7.09. The van der Waals surface area contributed by atoms with Crippen LogP contribution < -0.4 is 14.8 Å². The summed E-state index contributed by atoms with van der Waals surface area (Å²) < 4.78 is 23.9. The predicted molar refractivity (Wildman–Crippen MR) is 81.1 cm³/mol. The Morgan fingerprint density at radius 1 is 1.25 bits per heavy atom. The van der Waals surface area contributed by atoms with E-state index in [1.54, 1.807) is 0 Å². The molecule has 1 heterocycles. The summed E-state index contributed by atoms with van der Waals surface area (Å²) in [6.45, 7) is 8.32. The third kappa shape index (κ3) is 3.52. The van der Waals surface area contributed by atoms with Crippen LogP contribution in [0.25, 0.3) is 0 Å². The first kappa shape index (κ1) is 15.3. The fraction of sp³-hybridized carbons (Fsp3) is 0.600. The molecule has 1 aromatic carbocycles. The fourth-order valence-corrected chi connectivity index (χ4v) is 3.48. The lowest BCUT2D eigenvalue weighted by Gasteiger charge is -2.20. The van der Waals surface area contributed by atoms with E-state index >= 15 is 0 Å². The van der Waals surface area contributed by atoms with E-state index in [-0.39, 0.29) is 11.3 Å². The molecule has 3 atom stereocenters. The Morgan fingerprint density at radius 3 is 2.65 bits per heavy atom. The van der Waals surface area contributed by atoms with Gasteiger partial charge >= 0.3 is 0 Å². The fourth-order valence-electron chi connectivity index (χ4n) is 2.16. The molecular weight excluding hydrogens is 274 g/mol. The molecule has 20 heavy (non-hydrogen) atoms. The molecule has 4 nitrogen and oxygen atoms in total. The zero-order chi connectivity index (χ0) is 14.5. The summed E-state index contributed by atoms with van der Waals surface area (Å²) in [6.07, 6.45) is 0.876. The standard InChI is InChI=1S/C15H23NO3S/c1-4-16-11(2)12(3)20(17)13-6-7-14-15(10-13)19-9-5-8-18-14/h6-7,10-12,16H,4-5,8-9H2,1-3H3. The van der Waals surface area contributed by atoms with Crippen molar-refractivity contribution in [3.8, 4) is 11.5 Å². The maximum atomic E-state index is 12.6. The maximum absolute atomic E-state index is 12.6. The first-order chi connectivity index (χ1) is 9.63. The Morgan fingerprint density at radius 2 is 1.95 bits per heavy atom. The monoisotopic (exact) mass is 297 g/mol. The van der Waals surface area contributed by atoms with Crippen LogP contribution >= 0.6 is 0 Å². The first-order valence-corrected chi connectivity index (χ1v) is 8.38. The van der Waals surface area contributed by atoms with Gasteiger partial charge in [-0.3, -0.25) is 4.21 Å².